The molecule has 0 radical (unpaired) electrons. The van der Waals surface area contributed by atoms with E-state index in [0.29, 0.717) is 35.8 Å². The molecular weight excluding hydrogens is 568 g/mol. The summed E-state index contributed by atoms with van der Waals surface area (Å²) in [6.45, 7) is 8.50. The van der Waals surface area contributed by atoms with Crippen molar-refractivity contribution in [3.63, 3.8) is 0 Å². The Bertz CT molecular complexity index is 1680. The summed E-state index contributed by atoms with van der Waals surface area (Å²) in [4.78, 5) is 41.7. The molecule has 1 aliphatic heterocycles. The molecular formula is C34H38N8O3. The Morgan fingerprint density at radius 1 is 0.956 bits per heavy atom. The molecule has 0 saturated heterocycles. The van der Waals surface area contributed by atoms with Gasteiger partial charge in [-0.2, -0.15) is 5.10 Å². The van der Waals surface area contributed by atoms with Crippen molar-refractivity contribution in [1.82, 2.24) is 25.3 Å². The zero-order valence-corrected chi connectivity index (χ0v) is 25.8. The van der Waals surface area contributed by atoms with Crippen LogP contribution in [0.2, 0.25) is 0 Å². The zero-order chi connectivity index (χ0) is 32.1. The summed E-state index contributed by atoms with van der Waals surface area (Å²) in [5.74, 6) is 0.0460. The molecule has 0 aliphatic carbocycles. The van der Waals surface area contributed by atoms with Gasteiger partial charge in [-0.05, 0) is 88.1 Å². The van der Waals surface area contributed by atoms with Crippen LogP contribution in [0.15, 0.2) is 91.5 Å². The molecule has 1 atom stereocenters. The number of carbonyl (C=O) groups excluding carboxylic acids is 3. The lowest BCUT2D eigenvalue weighted by atomic mass is 10.0. The molecule has 5 N–H and O–H groups in total. The molecule has 0 bridgehead atoms. The summed E-state index contributed by atoms with van der Waals surface area (Å²) in [5, 5.41) is 19.8. The van der Waals surface area contributed by atoms with Crippen LogP contribution >= 0.6 is 0 Å². The first-order chi connectivity index (χ1) is 21.5. The number of urea groups is 1. The van der Waals surface area contributed by atoms with Crippen LogP contribution in [0.5, 0.6) is 0 Å². The van der Waals surface area contributed by atoms with Crippen LogP contribution in [-0.4, -0.2) is 58.5 Å². The van der Waals surface area contributed by atoms with Crippen molar-refractivity contribution < 1.29 is 14.4 Å². The van der Waals surface area contributed by atoms with Crippen LogP contribution in [0.1, 0.15) is 47.1 Å². The molecule has 232 valence electrons. The number of hydrogen-bond acceptors (Lipinski definition) is 6. The predicted octanol–water partition coefficient (Wildman–Crippen LogP) is 5.59. The SMILES string of the molecule is C=CC(=O)Nc1ccc(C(=O)Nc2ccc(Nc3n[nH]c4c3CN(C(=O)N[C@H](CN(C)C)c3ccccc3)C4(C)C)cc2)cc1. The van der Waals surface area contributed by atoms with E-state index < -0.39 is 5.54 Å². The van der Waals surface area contributed by atoms with Crippen molar-refractivity contribution in [2.75, 3.05) is 36.6 Å². The highest BCUT2D eigenvalue weighted by molar-refractivity contribution is 6.05. The van der Waals surface area contributed by atoms with Gasteiger partial charge >= 0.3 is 6.03 Å². The van der Waals surface area contributed by atoms with E-state index in [1.54, 1.807) is 36.4 Å². The third-order valence-corrected chi connectivity index (χ3v) is 7.77. The lowest BCUT2D eigenvalue weighted by Gasteiger charge is -2.34. The fourth-order valence-corrected chi connectivity index (χ4v) is 5.33. The largest absolute Gasteiger partial charge is 0.338 e. The first-order valence-electron chi connectivity index (χ1n) is 14.6. The molecule has 0 saturated carbocycles. The quantitative estimate of drug-likeness (QED) is 0.149. The maximum Gasteiger partial charge on any atom is 0.319 e. The number of benzene rings is 3. The number of fused-ring (bicyclic) bond motifs is 1. The van der Waals surface area contributed by atoms with E-state index in [4.69, 9.17) is 0 Å². The van der Waals surface area contributed by atoms with Gasteiger partial charge in [0.1, 0.15) is 0 Å². The highest BCUT2D eigenvalue weighted by Gasteiger charge is 2.44. The van der Waals surface area contributed by atoms with Gasteiger partial charge in [0.15, 0.2) is 5.82 Å². The molecule has 3 aromatic carbocycles. The minimum Gasteiger partial charge on any atom is -0.338 e. The van der Waals surface area contributed by atoms with Crippen LogP contribution in [0, 0.1) is 0 Å². The van der Waals surface area contributed by atoms with Crippen molar-refractivity contribution in [2.45, 2.75) is 32.0 Å². The van der Waals surface area contributed by atoms with Crippen LogP contribution in [0.25, 0.3) is 0 Å². The zero-order valence-electron chi connectivity index (χ0n) is 25.8. The van der Waals surface area contributed by atoms with Gasteiger partial charge in [-0.25, -0.2) is 4.79 Å². The van der Waals surface area contributed by atoms with Gasteiger partial charge in [-0.3, -0.25) is 14.7 Å². The predicted molar refractivity (Wildman–Crippen MR) is 176 cm³/mol. The van der Waals surface area contributed by atoms with Crippen LogP contribution in [0.3, 0.4) is 0 Å². The average molecular weight is 607 g/mol. The first-order valence-corrected chi connectivity index (χ1v) is 14.6. The number of aromatic amines is 1. The number of likely N-dealkylation sites (N-methyl/N-ethyl adjacent to an activating group) is 1. The van der Waals surface area contributed by atoms with Crippen LogP contribution in [0.4, 0.5) is 27.7 Å². The summed E-state index contributed by atoms with van der Waals surface area (Å²) in [6, 6.07) is 23.5. The molecule has 5 rings (SSSR count). The molecule has 45 heavy (non-hydrogen) atoms. The number of H-pyrrole nitrogens is 1. The van der Waals surface area contributed by atoms with Gasteiger partial charge in [0, 0.05) is 34.7 Å². The molecule has 4 amide bonds. The van der Waals surface area contributed by atoms with E-state index >= 15 is 0 Å². The van der Waals surface area contributed by atoms with E-state index in [9.17, 15) is 14.4 Å². The van der Waals surface area contributed by atoms with E-state index in [2.05, 4.69) is 42.9 Å². The molecule has 4 aromatic rings. The molecule has 1 aromatic heterocycles. The highest BCUT2D eigenvalue weighted by Crippen LogP contribution is 2.41. The van der Waals surface area contributed by atoms with Crippen molar-refractivity contribution >= 4 is 40.7 Å². The number of nitrogens with zero attached hydrogens (tertiary/aromatic N) is 3. The number of anilines is 4. The molecule has 11 nitrogen and oxygen atoms in total. The van der Waals surface area contributed by atoms with Crippen LogP contribution in [-0.2, 0) is 16.9 Å². The molecule has 2 heterocycles. The third kappa shape index (κ3) is 7.05. The summed E-state index contributed by atoms with van der Waals surface area (Å²) in [6.07, 6.45) is 1.18. The topological polar surface area (TPSA) is 134 Å². The Hall–Kier alpha value is -5.42. The Balaban J connectivity index is 1.23. The number of rotatable bonds is 10. The van der Waals surface area contributed by atoms with Gasteiger partial charge in [-0.1, -0.05) is 36.9 Å². The Labute approximate surface area is 262 Å². The van der Waals surface area contributed by atoms with Crippen molar-refractivity contribution in [1.29, 1.82) is 0 Å². The van der Waals surface area contributed by atoms with E-state index in [0.717, 1.165) is 22.5 Å². The molecule has 0 spiro atoms. The monoisotopic (exact) mass is 606 g/mol. The maximum absolute atomic E-state index is 13.6. The van der Waals surface area contributed by atoms with Gasteiger partial charge in [0.2, 0.25) is 5.91 Å². The van der Waals surface area contributed by atoms with Gasteiger partial charge in [-0.15, -0.1) is 0 Å². The van der Waals surface area contributed by atoms with Gasteiger partial charge < -0.3 is 31.1 Å². The number of hydrogen-bond donors (Lipinski definition) is 5. The molecule has 0 unspecified atom stereocenters. The minimum absolute atomic E-state index is 0.150. The van der Waals surface area contributed by atoms with E-state index in [1.807, 2.05) is 75.3 Å². The molecule has 0 fully saturated rings. The highest BCUT2D eigenvalue weighted by atomic mass is 16.2. The number of nitrogens with one attached hydrogen (secondary N) is 5. The first kappa shape index (κ1) is 31.0. The fraction of sp³-hybridized carbons (Fsp3) is 0.235. The molecule has 11 heteroatoms. The minimum atomic E-state index is -0.602. The smallest absolute Gasteiger partial charge is 0.319 e. The van der Waals surface area contributed by atoms with E-state index in [-0.39, 0.29) is 23.9 Å². The maximum atomic E-state index is 13.6. The van der Waals surface area contributed by atoms with Crippen LogP contribution < -0.4 is 21.3 Å². The summed E-state index contributed by atoms with van der Waals surface area (Å²) in [7, 11) is 3.98. The Morgan fingerprint density at radius 3 is 2.22 bits per heavy atom. The summed E-state index contributed by atoms with van der Waals surface area (Å²) >= 11 is 0. The third-order valence-electron chi connectivity index (χ3n) is 7.77. The number of amides is 4. The second-order valence-corrected chi connectivity index (χ2v) is 11.7. The fourth-order valence-electron chi connectivity index (χ4n) is 5.33. The number of carbonyl (C=O) groups is 3. The average Bonchev–Trinajstić information content (AvgIpc) is 3.55. The summed E-state index contributed by atoms with van der Waals surface area (Å²) < 4.78 is 0. The second-order valence-electron chi connectivity index (χ2n) is 11.7. The van der Waals surface area contributed by atoms with Gasteiger partial charge in [0.05, 0.1) is 23.8 Å². The van der Waals surface area contributed by atoms with Crippen molar-refractivity contribution in [3.8, 4) is 0 Å². The van der Waals surface area contributed by atoms with Gasteiger partial charge in [0.25, 0.3) is 5.91 Å². The standard InChI is InChI=1S/C34H38N8O3/c1-6-29(43)35-24-14-12-23(13-15-24)32(44)37-26-18-16-25(17-19-26)36-31-27-20-42(34(2,3)30(27)39-40-31)33(45)38-28(21-41(4)5)22-10-8-7-9-11-22/h6-19,28H,1,20-21H2,2-5H3,(H,35,43)(H,37,44)(H,38,45)(H2,36,39,40)/t28-/m1/s1. The Kier molecular flexibility index (Phi) is 9.01. The normalized spacial score (nSPS) is 13.9. The Morgan fingerprint density at radius 2 is 1.58 bits per heavy atom. The summed E-state index contributed by atoms with van der Waals surface area (Å²) in [5.41, 5.74) is 4.67. The van der Waals surface area contributed by atoms with Crippen molar-refractivity contribution in [2.24, 2.45) is 0 Å². The number of aromatic nitrogens is 2. The molecule has 1 aliphatic rings. The lowest BCUT2D eigenvalue weighted by Crippen LogP contribution is -2.48. The second kappa shape index (κ2) is 13.1. The lowest BCUT2D eigenvalue weighted by molar-refractivity contribution is -0.111. The van der Waals surface area contributed by atoms with E-state index in [1.165, 1.54) is 6.08 Å². The van der Waals surface area contributed by atoms with Crippen molar-refractivity contribution in [3.05, 3.63) is 114 Å².